The van der Waals surface area contributed by atoms with E-state index in [0.29, 0.717) is 0 Å². The highest BCUT2D eigenvalue weighted by molar-refractivity contribution is 5.89. The van der Waals surface area contributed by atoms with Crippen LogP contribution in [0.5, 0.6) is 0 Å². The minimum atomic E-state index is -0.670. The summed E-state index contributed by atoms with van der Waals surface area (Å²) in [7, 11) is 0. The van der Waals surface area contributed by atoms with Crippen molar-refractivity contribution >= 4 is 5.91 Å². The molecule has 1 aromatic rings. The first-order valence-corrected chi connectivity index (χ1v) is 5.35. The maximum Gasteiger partial charge on any atom is 0.242 e. The largest absolute Gasteiger partial charge is 0.327 e. The Bertz CT molecular complexity index is 382. The van der Waals surface area contributed by atoms with Gasteiger partial charge in [0.25, 0.3) is 0 Å². The van der Waals surface area contributed by atoms with Crippen LogP contribution in [0.3, 0.4) is 0 Å². The number of β-lactam (4-membered cyclic amide) rings is 1. The van der Waals surface area contributed by atoms with Crippen LogP contribution in [-0.2, 0) is 4.79 Å². The van der Waals surface area contributed by atoms with Crippen LogP contribution < -0.4 is 5.73 Å². The second-order valence-electron chi connectivity index (χ2n) is 4.08. The van der Waals surface area contributed by atoms with E-state index in [0.717, 1.165) is 5.56 Å². The fourth-order valence-electron chi connectivity index (χ4n) is 2.13. The molecule has 3 atom stereocenters. The van der Waals surface area contributed by atoms with Crippen molar-refractivity contribution in [2.24, 2.45) is 5.73 Å². The first kappa shape index (κ1) is 11.1. The van der Waals surface area contributed by atoms with Gasteiger partial charge < -0.3 is 10.6 Å². The maximum atomic E-state index is 12.7. The van der Waals surface area contributed by atoms with Crippen molar-refractivity contribution in [3.8, 4) is 0 Å². The van der Waals surface area contributed by atoms with Gasteiger partial charge in [0.2, 0.25) is 5.91 Å². The molecule has 0 bridgehead atoms. The van der Waals surface area contributed by atoms with Crippen molar-refractivity contribution in [3.05, 3.63) is 35.9 Å². The van der Waals surface area contributed by atoms with Gasteiger partial charge in [0.15, 0.2) is 0 Å². The van der Waals surface area contributed by atoms with E-state index < -0.39 is 18.8 Å². The lowest BCUT2D eigenvalue weighted by Gasteiger charge is -2.47. The van der Waals surface area contributed by atoms with Gasteiger partial charge >= 0.3 is 0 Å². The van der Waals surface area contributed by atoms with Crippen LogP contribution in [0, 0.1) is 0 Å². The van der Waals surface area contributed by atoms with Crippen LogP contribution in [-0.4, -0.2) is 29.6 Å². The highest BCUT2D eigenvalue weighted by Crippen LogP contribution is 2.30. The van der Waals surface area contributed by atoms with Crippen LogP contribution in [0.1, 0.15) is 18.5 Å². The van der Waals surface area contributed by atoms with Crippen molar-refractivity contribution in [3.63, 3.8) is 0 Å². The summed E-state index contributed by atoms with van der Waals surface area (Å²) in [6.45, 7) is 1.31. The number of carbonyl (C=O) groups is 1. The van der Waals surface area contributed by atoms with Crippen molar-refractivity contribution in [2.75, 3.05) is 6.67 Å². The average Bonchev–Trinajstić information content (AvgIpc) is 2.34. The van der Waals surface area contributed by atoms with Crippen molar-refractivity contribution in [1.82, 2.24) is 4.90 Å². The normalized spacial score (nSPS) is 26.4. The quantitative estimate of drug-likeness (QED) is 0.782. The first-order chi connectivity index (χ1) is 7.66. The summed E-state index contributed by atoms with van der Waals surface area (Å²) in [4.78, 5) is 13.1. The molecule has 1 aliphatic heterocycles. The Morgan fingerprint density at radius 1 is 1.44 bits per heavy atom. The van der Waals surface area contributed by atoms with E-state index in [1.54, 1.807) is 0 Å². The molecule has 2 N–H and O–H groups in total. The summed E-state index contributed by atoms with van der Waals surface area (Å²) >= 11 is 0. The van der Waals surface area contributed by atoms with Crippen molar-refractivity contribution in [1.29, 1.82) is 0 Å². The summed E-state index contributed by atoms with van der Waals surface area (Å²) in [5.41, 5.74) is 6.55. The molecule has 0 radical (unpaired) electrons. The molecule has 1 saturated heterocycles. The number of rotatable bonds is 3. The molecule has 1 heterocycles. The monoisotopic (exact) mass is 222 g/mol. The predicted molar refractivity (Wildman–Crippen MR) is 59.4 cm³/mol. The van der Waals surface area contributed by atoms with E-state index in [4.69, 9.17) is 5.73 Å². The highest BCUT2D eigenvalue weighted by Gasteiger charge is 2.47. The van der Waals surface area contributed by atoms with E-state index in [9.17, 15) is 9.18 Å². The van der Waals surface area contributed by atoms with Gasteiger partial charge in [-0.05, 0) is 12.5 Å². The van der Waals surface area contributed by atoms with Crippen molar-refractivity contribution in [2.45, 2.75) is 25.0 Å². The number of likely N-dealkylation sites (tertiary alicyclic amines) is 1. The number of nitrogens with zero attached hydrogens (tertiary/aromatic N) is 1. The third-order valence-corrected chi connectivity index (χ3v) is 3.17. The van der Waals surface area contributed by atoms with E-state index in [1.165, 1.54) is 4.90 Å². The summed E-state index contributed by atoms with van der Waals surface area (Å²) in [6.07, 6.45) is 0. The molecule has 3 unspecified atom stereocenters. The topological polar surface area (TPSA) is 46.3 Å². The second-order valence-corrected chi connectivity index (χ2v) is 4.08. The molecule has 1 fully saturated rings. The maximum absolute atomic E-state index is 12.7. The summed E-state index contributed by atoms with van der Waals surface area (Å²) in [5.74, 6) is -0.168. The lowest BCUT2D eigenvalue weighted by Crippen LogP contribution is -2.69. The summed E-state index contributed by atoms with van der Waals surface area (Å²) in [5, 5.41) is 0. The smallest absolute Gasteiger partial charge is 0.242 e. The number of hydrogen-bond acceptors (Lipinski definition) is 2. The van der Waals surface area contributed by atoms with E-state index in [2.05, 4.69) is 0 Å². The van der Waals surface area contributed by atoms with Gasteiger partial charge in [-0.2, -0.15) is 0 Å². The Kier molecular flexibility index (Phi) is 2.92. The second kappa shape index (κ2) is 4.22. The number of amides is 1. The summed E-state index contributed by atoms with van der Waals surface area (Å²) < 4.78 is 12.7. The number of halogens is 1. The number of benzene rings is 1. The van der Waals surface area contributed by atoms with E-state index >= 15 is 0 Å². The SMILES string of the molecule is CC(c1ccccc1)N1C(=O)C(N)C1CF. The van der Waals surface area contributed by atoms with Crippen LogP contribution in [0.15, 0.2) is 30.3 Å². The fourth-order valence-corrected chi connectivity index (χ4v) is 2.13. The molecular weight excluding hydrogens is 207 g/mol. The molecule has 0 saturated carbocycles. The Balaban J connectivity index is 2.17. The molecule has 4 heteroatoms. The van der Waals surface area contributed by atoms with Crippen LogP contribution >= 0.6 is 0 Å². The summed E-state index contributed by atoms with van der Waals surface area (Å²) in [6, 6.07) is 8.31. The Labute approximate surface area is 94.0 Å². The van der Waals surface area contributed by atoms with E-state index in [1.807, 2.05) is 37.3 Å². The van der Waals surface area contributed by atoms with Crippen molar-refractivity contribution < 1.29 is 9.18 Å². The zero-order chi connectivity index (χ0) is 11.7. The zero-order valence-corrected chi connectivity index (χ0v) is 9.14. The average molecular weight is 222 g/mol. The lowest BCUT2D eigenvalue weighted by molar-refractivity contribution is -0.154. The van der Waals surface area contributed by atoms with Gasteiger partial charge in [0, 0.05) is 0 Å². The number of carbonyl (C=O) groups excluding carboxylic acids is 1. The molecule has 16 heavy (non-hydrogen) atoms. The van der Waals surface area contributed by atoms with Gasteiger partial charge in [-0.15, -0.1) is 0 Å². The lowest BCUT2D eigenvalue weighted by atomic mass is 9.92. The molecule has 0 aliphatic carbocycles. The first-order valence-electron chi connectivity index (χ1n) is 5.35. The molecule has 2 rings (SSSR count). The standard InChI is InChI=1S/C12H15FN2O/c1-8(9-5-3-2-4-6-9)15-10(7-13)11(14)12(15)16/h2-6,8,10-11H,7,14H2,1H3. The number of alkyl halides is 1. The predicted octanol–water partition coefficient (Wildman–Crippen LogP) is 1.26. The van der Waals surface area contributed by atoms with Gasteiger partial charge in [0.05, 0.1) is 12.1 Å². The van der Waals surface area contributed by atoms with Crippen LogP contribution in [0.25, 0.3) is 0 Å². The van der Waals surface area contributed by atoms with Gasteiger partial charge in [-0.1, -0.05) is 30.3 Å². The van der Waals surface area contributed by atoms with Crippen LogP contribution in [0.4, 0.5) is 4.39 Å². The van der Waals surface area contributed by atoms with Gasteiger partial charge in [0.1, 0.15) is 12.7 Å². The molecule has 0 spiro atoms. The third-order valence-electron chi connectivity index (χ3n) is 3.17. The number of hydrogen-bond donors (Lipinski definition) is 1. The van der Waals surface area contributed by atoms with Gasteiger partial charge in [-0.3, -0.25) is 4.79 Å². The minimum absolute atomic E-state index is 0.116. The van der Waals surface area contributed by atoms with E-state index in [-0.39, 0.29) is 11.9 Å². The Morgan fingerprint density at radius 3 is 2.62 bits per heavy atom. The molecule has 86 valence electrons. The minimum Gasteiger partial charge on any atom is -0.327 e. The molecule has 1 amide bonds. The van der Waals surface area contributed by atoms with Gasteiger partial charge in [-0.25, -0.2) is 4.39 Å². The molecule has 3 nitrogen and oxygen atoms in total. The highest BCUT2D eigenvalue weighted by atomic mass is 19.1. The third kappa shape index (κ3) is 1.59. The molecular formula is C12H15FN2O. The number of nitrogens with two attached hydrogens (primary N) is 1. The fraction of sp³-hybridized carbons (Fsp3) is 0.417. The molecule has 1 aliphatic rings. The Morgan fingerprint density at radius 2 is 2.06 bits per heavy atom. The Hall–Kier alpha value is -1.42. The molecule has 1 aromatic carbocycles. The zero-order valence-electron chi connectivity index (χ0n) is 9.14. The molecule has 0 aromatic heterocycles. The van der Waals surface area contributed by atoms with Crippen LogP contribution in [0.2, 0.25) is 0 Å².